The first kappa shape index (κ1) is 13.5. The molecule has 0 bridgehead atoms. The molecule has 0 aliphatic heterocycles. The largest absolute Gasteiger partial charge is 0.396 e. The van der Waals surface area contributed by atoms with Gasteiger partial charge in [0.25, 0.3) is 0 Å². The highest BCUT2D eigenvalue weighted by atomic mass is 32.2. The van der Waals surface area contributed by atoms with Crippen LogP contribution in [-0.4, -0.2) is 16.5 Å². The van der Waals surface area contributed by atoms with E-state index in [4.69, 9.17) is 5.11 Å². The van der Waals surface area contributed by atoms with Crippen LogP contribution in [-0.2, 0) is 0 Å². The zero-order chi connectivity index (χ0) is 12.2. The molecule has 3 heteroatoms. The second kappa shape index (κ2) is 5.69. The summed E-state index contributed by atoms with van der Waals surface area (Å²) in [7, 11) is 0. The van der Waals surface area contributed by atoms with Gasteiger partial charge in [0.1, 0.15) is 5.82 Å². The summed E-state index contributed by atoms with van der Waals surface area (Å²) in [6, 6.07) is 6.55. The van der Waals surface area contributed by atoms with Gasteiger partial charge in [-0.05, 0) is 24.1 Å². The summed E-state index contributed by atoms with van der Waals surface area (Å²) < 4.78 is 13.0. The van der Waals surface area contributed by atoms with Crippen molar-refractivity contribution >= 4 is 11.8 Å². The van der Waals surface area contributed by atoms with Gasteiger partial charge in [-0.3, -0.25) is 0 Å². The number of halogens is 1. The molecule has 1 atom stereocenters. The van der Waals surface area contributed by atoms with Crippen LogP contribution in [0.3, 0.4) is 0 Å². The maximum Gasteiger partial charge on any atom is 0.123 e. The van der Waals surface area contributed by atoms with Crippen molar-refractivity contribution in [3.05, 3.63) is 35.6 Å². The SMILES string of the molecule is CC(C)(C)S[C@@H](CCO)c1ccc(F)cc1. The lowest BCUT2D eigenvalue weighted by Gasteiger charge is -2.25. The molecule has 0 saturated carbocycles. The lowest BCUT2D eigenvalue weighted by atomic mass is 10.1. The Bertz CT molecular complexity index is 316. The topological polar surface area (TPSA) is 20.2 Å². The van der Waals surface area contributed by atoms with Crippen LogP contribution in [0.5, 0.6) is 0 Å². The van der Waals surface area contributed by atoms with E-state index in [9.17, 15) is 4.39 Å². The Morgan fingerprint density at radius 2 is 1.81 bits per heavy atom. The Labute approximate surface area is 101 Å². The van der Waals surface area contributed by atoms with E-state index < -0.39 is 0 Å². The molecule has 0 aliphatic carbocycles. The molecule has 0 fully saturated rings. The van der Waals surface area contributed by atoms with Crippen LogP contribution < -0.4 is 0 Å². The standard InChI is InChI=1S/C13H19FOS/c1-13(2,3)16-12(8-9-15)10-4-6-11(14)7-5-10/h4-7,12,15H,8-9H2,1-3H3/t12-/m0/s1. The zero-order valence-corrected chi connectivity index (χ0v) is 10.9. The number of hydrogen-bond acceptors (Lipinski definition) is 2. The second-order valence-electron chi connectivity index (χ2n) is 4.78. The lowest BCUT2D eigenvalue weighted by Crippen LogP contribution is -2.12. The first-order valence-electron chi connectivity index (χ1n) is 5.46. The van der Waals surface area contributed by atoms with Gasteiger partial charge in [0.2, 0.25) is 0 Å². The molecule has 0 aromatic heterocycles. The van der Waals surface area contributed by atoms with Crippen molar-refractivity contribution in [1.29, 1.82) is 0 Å². The minimum Gasteiger partial charge on any atom is -0.396 e. The maximum absolute atomic E-state index is 12.8. The molecule has 16 heavy (non-hydrogen) atoms. The van der Waals surface area contributed by atoms with Crippen LogP contribution in [0.15, 0.2) is 24.3 Å². The van der Waals surface area contributed by atoms with Crippen LogP contribution in [0.1, 0.15) is 38.0 Å². The van der Waals surface area contributed by atoms with Crippen molar-refractivity contribution in [2.45, 2.75) is 37.2 Å². The normalized spacial score (nSPS) is 13.8. The molecule has 1 rings (SSSR count). The van der Waals surface area contributed by atoms with Gasteiger partial charge in [-0.15, -0.1) is 11.8 Å². The van der Waals surface area contributed by atoms with Crippen LogP contribution >= 0.6 is 11.8 Å². The van der Waals surface area contributed by atoms with Crippen LogP contribution in [0, 0.1) is 5.82 Å². The summed E-state index contributed by atoms with van der Waals surface area (Å²) in [5, 5.41) is 9.29. The minimum atomic E-state index is -0.216. The van der Waals surface area contributed by atoms with Crippen molar-refractivity contribution in [2.24, 2.45) is 0 Å². The minimum absolute atomic E-state index is 0.133. The average molecular weight is 242 g/mol. The van der Waals surface area contributed by atoms with Gasteiger partial charge in [0.15, 0.2) is 0 Å². The third kappa shape index (κ3) is 4.54. The molecule has 0 heterocycles. The molecular weight excluding hydrogens is 223 g/mol. The Balaban J connectivity index is 2.80. The van der Waals surface area contributed by atoms with E-state index in [-0.39, 0.29) is 22.4 Å². The zero-order valence-electron chi connectivity index (χ0n) is 10.0. The van der Waals surface area contributed by atoms with Gasteiger partial charge in [-0.25, -0.2) is 4.39 Å². The van der Waals surface area contributed by atoms with E-state index in [1.54, 1.807) is 23.9 Å². The number of benzene rings is 1. The fourth-order valence-corrected chi connectivity index (χ4v) is 2.89. The highest BCUT2D eigenvalue weighted by molar-refractivity contribution is 8.00. The second-order valence-corrected chi connectivity index (χ2v) is 6.81. The Hall–Kier alpha value is -0.540. The molecule has 0 radical (unpaired) electrons. The Kier molecular flexibility index (Phi) is 4.81. The van der Waals surface area contributed by atoms with E-state index in [0.717, 1.165) is 5.56 Å². The summed E-state index contributed by atoms with van der Waals surface area (Å²) in [5.74, 6) is -0.216. The van der Waals surface area contributed by atoms with Crippen LogP contribution in [0.2, 0.25) is 0 Å². The quantitative estimate of drug-likeness (QED) is 0.867. The molecule has 0 spiro atoms. The van der Waals surface area contributed by atoms with Crippen LogP contribution in [0.25, 0.3) is 0 Å². The predicted octanol–water partition coefficient (Wildman–Crippen LogP) is 3.78. The summed E-state index contributed by atoms with van der Waals surface area (Å²) in [4.78, 5) is 0. The predicted molar refractivity (Wildman–Crippen MR) is 68.2 cm³/mol. The average Bonchev–Trinajstić information content (AvgIpc) is 2.16. The molecule has 1 N–H and O–H groups in total. The molecule has 1 aromatic carbocycles. The highest BCUT2D eigenvalue weighted by Crippen LogP contribution is 2.40. The smallest absolute Gasteiger partial charge is 0.123 e. The lowest BCUT2D eigenvalue weighted by molar-refractivity contribution is 0.287. The van der Waals surface area contributed by atoms with Crippen molar-refractivity contribution < 1.29 is 9.50 Å². The van der Waals surface area contributed by atoms with Crippen molar-refractivity contribution in [1.82, 2.24) is 0 Å². The van der Waals surface area contributed by atoms with E-state index >= 15 is 0 Å². The summed E-state index contributed by atoms with van der Waals surface area (Å²) in [5.41, 5.74) is 1.08. The van der Waals surface area contributed by atoms with E-state index in [0.29, 0.717) is 6.42 Å². The van der Waals surface area contributed by atoms with Crippen molar-refractivity contribution in [3.8, 4) is 0 Å². The Morgan fingerprint density at radius 1 is 1.25 bits per heavy atom. The molecule has 0 saturated heterocycles. The van der Waals surface area contributed by atoms with E-state index in [1.165, 1.54) is 12.1 Å². The molecule has 0 unspecified atom stereocenters. The fraction of sp³-hybridized carbons (Fsp3) is 0.538. The van der Waals surface area contributed by atoms with E-state index in [2.05, 4.69) is 20.8 Å². The Morgan fingerprint density at radius 3 is 2.25 bits per heavy atom. The first-order valence-corrected chi connectivity index (χ1v) is 6.34. The molecule has 90 valence electrons. The maximum atomic E-state index is 12.8. The molecular formula is C13H19FOS. The summed E-state index contributed by atoms with van der Waals surface area (Å²) in [6.45, 7) is 6.59. The molecule has 1 nitrogen and oxygen atoms in total. The van der Waals surface area contributed by atoms with Gasteiger partial charge in [0, 0.05) is 16.6 Å². The number of thioether (sulfide) groups is 1. The molecule has 1 aromatic rings. The third-order valence-electron chi connectivity index (χ3n) is 2.13. The highest BCUT2D eigenvalue weighted by Gasteiger charge is 2.20. The number of rotatable bonds is 4. The monoisotopic (exact) mass is 242 g/mol. The first-order chi connectivity index (χ1) is 7.42. The van der Waals surface area contributed by atoms with E-state index in [1.807, 2.05) is 0 Å². The van der Waals surface area contributed by atoms with Gasteiger partial charge in [-0.2, -0.15) is 0 Å². The van der Waals surface area contributed by atoms with Crippen LogP contribution in [0.4, 0.5) is 4.39 Å². The van der Waals surface area contributed by atoms with Gasteiger partial charge in [0.05, 0.1) is 0 Å². The molecule has 0 aliphatic rings. The van der Waals surface area contributed by atoms with Crippen molar-refractivity contribution in [3.63, 3.8) is 0 Å². The molecule has 0 amide bonds. The van der Waals surface area contributed by atoms with Gasteiger partial charge >= 0.3 is 0 Å². The van der Waals surface area contributed by atoms with Gasteiger partial charge < -0.3 is 5.11 Å². The number of aliphatic hydroxyl groups excluding tert-OH is 1. The number of hydrogen-bond donors (Lipinski definition) is 1. The fourth-order valence-electron chi connectivity index (χ4n) is 1.52. The number of aliphatic hydroxyl groups is 1. The van der Waals surface area contributed by atoms with Gasteiger partial charge in [-0.1, -0.05) is 32.9 Å². The third-order valence-corrected chi connectivity index (χ3v) is 3.63. The van der Waals surface area contributed by atoms with Crippen molar-refractivity contribution in [2.75, 3.05) is 6.61 Å². The summed E-state index contributed by atoms with van der Waals surface area (Å²) in [6.07, 6.45) is 0.702. The summed E-state index contributed by atoms with van der Waals surface area (Å²) >= 11 is 1.80.